The van der Waals surface area contributed by atoms with Gasteiger partial charge in [0.15, 0.2) is 0 Å². The van der Waals surface area contributed by atoms with Crippen LogP contribution in [0.3, 0.4) is 0 Å². The van der Waals surface area contributed by atoms with Crippen LogP contribution in [0.1, 0.15) is 38.0 Å². The van der Waals surface area contributed by atoms with Gasteiger partial charge in [-0.1, -0.05) is 17.6 Å². The van der Waals surface area contributed by atoms with Crippen molar-refractivity contribution in [2.45, 2.75) is 38.5 Å². The van der Waals surface area contributed by atoms with E-state index in [4.69, 9.17) is 4.52 Å². The highest BCUT2D eigenvalue weighted by molar-refractivity contribution is 7.13. The Morgan fingerprint density at radius 1 is 1.38 bits per heavy atom. The van der Waals surface area contributed by atoms with Crippen molar-refractivity contribution in [3.63, 3.8) is 0 Å². The van der Waals surface area contributed by atoms with E-state index in [0.29, 0.717) is 17.6 Å². The maximum absolute atomic E-state index is 11.4. The standard InChI is InChI=1S/C15H19N3O2S/c19-15(11-7-8-11)16-9-3-1-2-6-13-17-14(18-20-13)12-5-4-10-21-12/h4-5,10-11H,1-3,6-9H2,(H,16,19). The molecule has 0 saturated heterocycles. The minimum Gasteiger partial charge on any atom is -0.356 e. The number of amides is 1. The number of thiophene rings is 1. The molecule has 112 valence electrons. The van der Waals surface area contributed by atoms with E-state index in [2.05, 4.69) is 15.5 Å². The summed E-state index contributed by atoms with van der Waals surface area (Å²) < 4.78 is 5.25. The topological polar surface area (TPSA) is 68.0 Å². The Bertz CT molecular complexity index is 576. The van der Waals surface area contributed by atoms with Crippen LogP contribution in [-0.4, -0.2) is 22.6 Å². The molecule has 1 saturated carbocycles. The lowest BCUT2D eigenvalue weighted by Gasteiger charge is -2.02. The number of aromatic nitrogens is 2. The molecule has 1 aliphatic carbocycles. The summed E-state index contributed by atoms with van der Waals surface area (Å²) in [4.78, 5) is 16.9. The third-order valence-corrected chi connectivity index (χ3v) is 4.39. The fourth-order valence-corrected chi connectivity index (χ4v) is 2.79. The number of aryl methyl sites for hydroxylation is 1. The SMILES string of the molecule is O=C(NCCCCCc1nc(-c2cccs2)no1)C1CC1. The molecule has 0 unspecified atom stereocenters. The Labute approximate surface area is 127 Å². The summed E-state index contributed by atoms with van der Waals surface area (Å²) in [6.07, 6.45) is 6.00. The second-order valence-corrected chi connectivity index (χ2v) is 6.31. The number of unbranched alkanes of at least 4 members (excludes halogenated alkanes) is 2. The zero-order valence-electron chi connectivity index (χ0n) is 11.9. The largest absolute Gasteiger partial charge is 0.356 e. The van der Waals surface area contributed by atoms with Crippen molar-refractivity contribution < 1.29 is 9.32 Å². The fraction of sp³-hybridized carbons (Fsp3) is 0.533. The van der Waals surface area contributed by atoms with Gasteiger partial charge in [-0.05, 0) is 37.1 Å². The molecule has 3 rings (SSSR count). The molecule has 0 aliphatic heterocycles. The van der Waals surface area contributed by atoms with Gasteiger partial charge in [-0.25, -0.2) is 0 Å². The van der Waals surface area contributed by atoms with E-state index in [1.807, 2.05) is 17.5 Å². The van der Waals surface area contributed by atoms with Gasteiger partial charge in [-0.15, -0.1) is 11.3 Å². The number of carbonyl (C=O) groups excluding carboxylic acids is 1. The molecule has 0 aromatic carbocycles. The second kappa shape index (κ2) is 6.85. The molecule has 0 bridgehead atoms. The molecule has 2 heterocycles. The van der Waals surface area contributed by atoms with Gasteiger partial charge in [0, 0.05) is 18.9 Å². The highest BCUT2D eigenvalue weighted by Gasteiger charge is 2.28. The monoisotopic (exact) mass is 305 g/mol. The molecule has 6 heteroatoms. The third-order valence-electron chi connectivity index (χ3n) is 3.52. The zero-order valence-corrected chi connectivity index (χ0v) is 12.7. The van der Waals surface area contributed by atoms with Crippen LogP contribution in [0.2, 0.25) is 0 Å². The van der Waals surface area contributed by atoms with Gasteiger partial charge in [0.2, 0.25) is 17.6 Å². The quantitative estimate of drug-likeness (QED) is 0.761. The van der Waals surface area contributed by atoms with Gasteiger partial charge in [0.1, 0.15) is 0 Å². The normalized spacial score (nSPS) is 14.3. The highest BCUT2D eigenvalue weighted by atomic mass is 32.1. The summed E-state index contributed by atoms with van der Waals surface area (Å²) in [7, 11) is 0. The van der Waals surface area contributed by atoms with Gasteiger partial charge < -0.3 is 9.84 Å². The maximum atomic E-state index is 11.4. The lowest BCUT2D eigenvalue weighted by Crippen LogP contribution is -2.25. The Morgan fingerprint density at radius 2 is 2.29 bits per heavy atom. The molecule has 0 radical (unpaired) electrons. The van der Waals surface area contributed by atoms with Gasteiger partial charge in [0.05, 0.1) is 4.88 Å². The molecule has 0 spiro atoms. The predicted octanol–water partition coefficient (Wildman–Crippen LogP) is 3.04. The molecule has 2 aromatic rings. The van der Waals surface area contributed by atoms with E-state index in [1.165, 1.54) is 0 Å². The lowest BCUT2D eigenvalue weighted by atomic mass is 10.2. The van der Waals surface area contributed by atoms with Crippen molar-refractivity contribution in [3.05, 3.63) is 23.4 Å². The maximum Gasteiger partial charge on any atom is 0.226 e. The molecular weight excluding hydrogens is 286 g/mol. The van der Waals surface area contributed by atoms with Crippen LogP contribution in [0.4, 0.5) is 0 Å². The predicted molar refractivity (Wildman–Crippen MR) is 80.9 cm³/mol. The summed E-state index contributed by atoms with van der Waals surface area (Å²) in [5.74, 6) is 1.91. The van der Waals surface area contributed by atoms with Crippen molar-refractivity contribution in [3.8, 4) is 10.7 Å². The van der Waals surface area contributed by atoms with Gasteiger partial charge in [-0.3, -0.25) is 4.79 Å². The number of carbonyl (C=O) groups is 1. The average molecular weight is 305 g/mol. The number of rotatable bonds is 8. The summed E-state index contributed by atoms with van der Waals surface area (Å²) in [6, 6.07) is 3.97. The molecule has 2 aromatic heterocycles. The fourth-order valence-electron chi connectivity index (χ4n) is 2.14. The van der Waals surface area contributed by atoms with Crippen molar-refractivity contribution in [2.75, 3.05) is 6.54 Å². The first-order valence-corrected chi connectivity index (χ1v) is 8.35. The van der Waals surface area contributed by atoms with Crippen LogP contribution in [-0.2, 0) is 11.2 Å². The van der Waals surface area contributed by atoms with Crippen LogP contribution in [0.25, 0.3) is 10.7 Å². The van der Waals surface area contributed by atoms with Crippen molar-refractivity contribution >= 4 is 17.2 Å². The van der Waals surface area contributed by atoms with E-state index >= 15 is 0 Å². The van der Waals surface area contributed by atoms with Crippen molar-refractivity contribution in [1.29, 1.82) is 0 Å². The van der Waals surface area contributed by atoms with Gasteiger partial charge in [0.25, 0.3) is 0 Å². The molecule has 0 atom stereocenters. The van der Waals surface area contributed by atoms with E-state index < -0.39 is 0 Å². The van der Waals surface area contributed by atoms with E-state index in [1.54, 1.807) is 11.3 Å². The Kier molecular flexibility index (Phi) is 4.65. The van der Waals surface area contributed by atoms with Crippen molar-refractivity contribution in [2.24, 2.45) is 5.92 Å². The van der Waals surface area contributed by atoms with Gasteiger partial charge >= 0.3 is 0 Å². The molecular formula is C15H19N3O2S. The summed E-state index contributed by atoms with van der Waals surface area (Å²) >= 11 is 1.61. The number of hydrogen-bond donors (Lipinski definition) is 1. The second-order valence-electron chi connectivity index (χ2n) is 5.36. The van der Waals surface area contributed by atoms with Gasteiger partial charge in [-0.2, -0.15) is 4.98 Å². The molecule has 5 nitrogen and oxygen atoms in total. The molecule has 1 amide bonds. The van der Waals surface area contributed by atoms with Crippen LogP contribution < -0.4 is 5.32 Å². The Balaban J connectivity index is 1.31. The molecule has 1 N–H and O–H groups in total. The average Bonchev–Trinajstić information content (AvgIpc) is 3.01. The summed E-state index contributed by atoms with van der Waals surface area (Å²) in [6.45, 7) is 0.777. The Hall–Kier alpha value is -1.69. The lowest BCUT2D eigenvalue weighted by molar-refractivity contribution is -0.122. The van der Waals surface area contributed by atoms with Crippen LogP contribution >= 0.6 is 11.3 Å². The van der Waals surface area contributed by atoms with Crippen LogP contribution in [0.5, 0.6) is 0 Å². The van der Waals surface area contributed by atoms with E-state index in [-0.39, 0.29) is 5.91 Å². The molecule has 1 fully saturated rings. The first-order valence-electron chi connectivity index (χ1n) is 7.47. The minimum atomic E-state index is 0.229. The summed E-state index contributed by atoms with van der Waals surface area (Å²) in [5.41, 5.74) is 0. The molecule has 21 heavy (non-hydrogen) atoms. The van der Waals surface area contributed by atoms with E-state index in [0.717, 1.165) is 49.9 Å². The smallest absolute Gasteiger partial charge is 0.226 e. The van der Waals surface area contributed by atoms with Crippen LogP contribution in [0.15, 0.2) is 22.0 Å². The number of hydrogen-bond acceptors (Lipinski definition) is 5. The minimum absolute atomic E-state index is 0.229. The van der Waals surface area contributed by atoms with Crippen molar-refractivity contribution in [1.82, 2.24) is 15.5 Å². The highest BCUT2D eigenvalue weighted by Crippen LogP contribution is 2.28. The van der Waals surface area contributed by atoms with E-state index in [9.17, 15) is 4.79 Å². The first kappa shape index (κ1) is 14.3. The summed E-state index contributed by atoms with van der Waals surface area (Å²) in [5, 5.41) is 8.97. The molecule has 1 aliphatic rings. The number of nitrogens with zero attached hydrogens (tertiary/aromatic N) is 2. The third kappa shape index (κ3) is 4.14. The first-order chi connectivity index (χ1) is 10.3. The zero-order chi connectivity index (χ0) is 14.5. The number of nitrogens with one attached hydrogen (secondary N) is 1. The Morgan fingerprint density at radius 3 is 3.05 bits per heavy atom. The van der Waals surface area contributed by atoms with Crippen LogP contribution in [0, 0.1) is 5.92 Å².